The van der Waals surface area contributed by atoms with Gasteiger partial charge in [-0.05, 0) is 54.6 Å². The van der Waals surface area contributed by atoms with E-state index in [9.17, 15) is 14.4 Å². The van der Waals surface area contributed by atoms with E-state index in [1.54, 1.807) is 66.7 Å². The molecule has 0 aliphatic rings. The molecule has 0 saturated heterocycles. The summed E-state index contributed by atoms with van der Waals surface area (Å²) < 4.78 is 6.84. The zero-order valence-corrected chi connectivity index (χ0v) is 18.2. The predicted molar refractivity (Wildman–Crippen MR) is 117 cm³/mol. The molecule has 3 aromatic rings. The molecule has 0 unspecified atom stereocenters. The normalized spacial score (nSPS) is 10.3. The van der Waals surface area contributed by atoms with E-state index in [0.29, 0.717) is 16.8 Å². The molecule has 0 heterocycles. The number of ketones is 1. The molecule has 3 aromatic carbocycles. The maximum absolute atomic E-state index is 12.3. The molecular formula is C22H15Br2NO4. The molecule has 0 aliphatic carbocycles. The first-order chi connectivity index (χ1) is 13.9. The van der Waals surface area contributed by atoms with Crippen molar-refractivity contribution in [3.05, 3.63) is 98.4 Å². The maximum Gasteiger partial charge on any atom is 0.338 e. The lowest BCUT2D eigenvalue weighted by Gasteiger charge is -2.08. The van der Waals surface area contributed by atoms with Crippen LogP contribution in [0, 0.1) is 0 Å². The van der Waals surface area contributed by atoms with Crippen LogP contribution < -0.4 is 5.32 Å². The maximum atomic E-state index is 12.3. The van der Waals surface area contributed by atoms with Crippen LogP contribution in [0.3, 0.4) is 0 Å². The van der Waals surface area contributed by atoms with Crippen LogP contribution in [0.5, 0.6) is 0 Å². The van der Waals surface area contributed by atoms with Gasteiger partial charge in [0.15, 0.2) is 12.4 Å². The molecule has 7 heteroatoms. The van der Waals surface area contributed by atoms with Gasteiger partial charge in [-0.15, -0.1) is 0 Å². The molecule has 0 fully saturated rings. The van der Waals surface area contributed by atoms with Crippen LogP contribution in [0.25, 0.3) is 0 Å². The van der Waals surface area contributed by atoms with Gasteiger partial charge in [-0.2, -0.15) is 0 Å². The number of Topliss-reactive ketones (excluding diaryl/α,β-unsaturated/α-hetero) is 1. The number of benzene rings is 3. The van der Waals surface area contributed by atoms with Gasteiger partial charge in [-0.1, -0.05) is 50.1 Å². The Labute approximate surface area is 184 Å². The van der Waals surface area contributed by atoms with E-state index in [1.807, 2.05) is 0 Å². The van der Waals surface area contributed by atoms with Crippen LogP contribution in [-0.2, 0) is 4.74 Å². The number of carbonyl (C=O) groups is 3. The van der Waals surface area contributed by atoms with Crippen molar-refractivity contribution in [1.29, 1.82) is 0 Å². The molecular weight excluding hydrogens is 502 g/mol. The molecule has 1 amide bonds. The zero-order valence-electron chi connectivity index (χ0n) is 15.0. The van der Waals surface area contributed by atoms with Gasteiger partial charge in [0, 0.05) is 25.8 Å². The Kier molecular flexibility index (Phi) is 6.95. The largest absolute Gasteiger partial charge is 0.454 e. The smallest absolute Gasteiger partial charge is 0.338 e. The Morgan fingerprint density at radius 2 is 1.34 bits per heavy atom. The lowest BCUT2D eigenvalue weighted by atomic mass is 10.1. The number of carbonyl (C=O) groups excluding carboxylic acids is 3. The summed E-state index contributed by atoms with van der Waals surface area (Å²) in [4.78, 5) is 36.7. The molecule has 1 N–H and O–H groups in total. The number of esters is 1. The fourth-order valence-electron chi connectivity index (χ4n) is 2.46. The summed E-state index contributed by atoms with van der Waals surface area (Å²) >= 11 is 6.62. The van der Waals surface area contributed by atoms with E-state index < -0.39 is 5.97 Å². The Morgan fingerprint density at radius 1 is 0.759 bits per heavy atom. The number of anilines is 1. The van der Waals surface area contributed by atoms with E-state index >= 15 is 0 Å². The Hall–Kier alpha value is -2.77. The Morgan fingerprint density at radius 3 is 1.97 bits per heavy atom. The van der Waals surface area contributed by atoms with Crippen molar-refractivity contribution >= 4 is 55.2 Å². The van der Waals surface area contributed by atoms with E-state index in [1.165, 1.54) is 6.07 Å². The van der Waals surface area contributed by atoms with Crippen LogP contribution in [0.2, 0.25) is 0 Å². The van der Waals surface area contributed by atoms with Gasteiger partial charge in [-0.25, -0.2) is 4.79 Å². The molecule has 5 nitrogen and oxygen atoms in total. The van der Waals surface area contributed by atoms with Gasteiger partial charge >= 0.3 is 5.97 Å². The number of rotatable bonds is 6. The number of amides is 1. The highest BCUT2D eigenvalue weighted by molar-refractivity contribution is 9.10. The standard InChI is InChI=1S/C22H15Br2NO4/c23-17-8-4-14(5-9-17)20(26)13-29-22(28)16-2-1-3-19(12-16)25-21(27)15-6-10-18(24)11-7-15/h1-12H,13H2,(H,25,27). The van der Waals surface area contributed by atoms with Crippen LogP contribution in [-0.4, -0.2) is 24.3 Å². The van der Waals surface area contributed by atoms with Gasteiger partial charge in [-0.3, -0.25) is 9.59 Å². The van der Waals surface area contributed by atoms with Gasteiger partial charge in [0.05, 0.1) is 5.56 Å². The number of hydrogen-bond acceptors (Lipinski definition) is 4. The predicted octanol–water partition coefficient (Wildman–Crippen LogP) is 5.50. The molecule has 0 aliphatic heterocycles. The third-order valence-electron chi connectivity index (χ3n) is 3.96. The molecule has 29 heavy (non-hydrogen) atoms. The summed E-state index contributed by atoms with van der Waals surface area (Å²) in [5.41, 5.74) is 1.63. The minimum absolute atomic E-state index is 0.238. The van der Waals surface area contributed by atoms with Crippen LogP contribution >= 0.6 is 31.9 Å². The summed E-state index contributed by atoms with van der Waals surface area (Å²) in [6.07, 6.45) is 0. The topological polar surface area (TPSA) is 72.5 Å². The SMILES string of the molecule is O=C(COC(=O)c1cccc(NC(=O)c2ccc(Br)cc2)c1)c1ccc(Br)cc1. The van der Waals surface area contributed by atoms with E-state index in [2.05, 4.69) is 37.2 Å². The summed E-state index contributed by atoms with van der Waals surface area (Å²) in [7, 11) is 0. The molecule has 0 atom stereocenters. The lowest BCUT2D eigenvalue weighted by Crippen LogP contribution is -2.15. The highest BCUT2D eigenvalue weighted by Gasteiger charge is 2.13. The van der Waals surface area contributed by atoms with Crippen molar-refractivity contribution in [3.8, 4) is 0 Å². The molecule has 146 valence electrons. The summed E-state index contributed by atoms with van der Waals surface area (Å²) in [6, 6.07) is 20.1. The lowest BCUT2D eigenvalue weighted by molar-refractivity contribution is 0.0474. The van der Waals surface area contributed by atoms with Crippen LogP contribution in [0.4, 0.5) is 5.69 Å². The average Bonchev–Trinajstić information content (AvgIpc) is 2.73. The Bertz CT molecular complexity index is 1050. The van der Waals surface area contributed by atoms with Crippen LogP contribution in [0.15, 0.2) is 81.7 Å². The number of hydrogen-bond donors (Lipinski definition) is 1. The molecule has 0 spiro atoms. The van der Waals surface area contributed by atoms with Crippen molar-refractivity contribution in [2.75, 3.05) is 11.9 Å². The molecule has 0 bridgehead atoms. The third kappa shape index (κ3) is 5.85. The summed E-state index contributed by atoms with van der Waals surface area (Å²) in [5.74, 6) is -1.24. The molecule has 0 saturated carbocycles. The fourth-order valence-corrected chi connectivity index (χ4v) is 2.99. The number of nitrogens with one attached hydrogen (secondary N) is 1. The van der Waals surface area contributed by atoms with E-state index in [0.717, 1.165) is 8.95 Å². The monoisotopic (exact) mass is 515 g/mol. The third-order valence-corrected chi connectivity index (χ3v) is 5.02. The first-order valence-electron chi connectivity index (χ1n) is 8.55. The van der Waals surface area contributed by atoms with Gasteiger partial charge < -0.3 is 10.1 Å². The first kappa shape index (κ1) is 21.0. The Balaban J connectivity index is 1.61. The van der Waals surface area contributed by atoms with E-state index in [4.69, 9.17) is 4.74 Å². The summed E-state index contributed by atoms with van der Waals surface area (Å²) in [6.45, 7) is -0.365. The number of halogens is 2. The fraction of sp³-hybridized carbons (Fsp3) is 0.0455. The molecule has 0 aromatic heterocycles. The second-order valence-corrected chi connectivity index (χ2v) is 7.88. The van der Waals surface area contributed by atoms with Crippen molar-refractivity contribution in [3.63, 3.8) is 0 Å². The highest BCUT2D eigenvalue weighted by Crippen LogP contribution is 2.16. The van der Waals surface area contributed by atoms with Crippen molar-refractivity contribution in [2.45, 2.75) is 0 Å². The second kappa shape index (κ2) is 9.62. The number of ether oxygens (including phenoxy) is 1. The molecule has 0 radical (unpaired) electrons. The first-order valence-corrected chi connectivity index (χ1v) is 10.1. The van der Waals surface area contributed by atoms with Crippen LogP contribution in [0.1, 0.15) is 31.1 Å². The van der Waals surface area contributed by atoms with Gasteiger partial charge in [0.1, 0.15) is 0 Å². The highest BCUT2D eigenvalue weighted by atomic mass is 79.9. The van der Waals surface area contributed by atoms with Crippen molar-refractivity contribution in [2.24, 2.45) is 0 Å². The van der Waals surface area contributed by atoms with Gasteiger partial charge in [0.2, 0.25) is 0 Å². The van der Waals surface area contributed by atoms with Crippen molar-refractivity contribution < 1.29 is 19.1 Å². The average molecular weight is 517 g/mol. The summed E-state index contributed by atoms with van der Waals surface area (Å²) in [5, 5.41) is 2.74. The van der Waals surface area contributed by atoms with Gasteiger partial charge in [0.25, 0.3) is 5.91 Å². The minimum atomic E-state index is -0.643. The van der Waals surface area contributed by atoms with Crippen molar-refractivity contribution in [1.82, 2.24) is 0 Å². The quantitative estimate of drug-likeness (QED) is 0.346. The zero-order chi connectivity index (χ0) is 20.8. The molecule has 3 rings (SSSR count). The van der Waals surface area contributed by atoms with E-state index in [-0.39, 0.29) is 23.9 Å². The minimum Gasteiger partial charge on any atom is -0.454 e. The second-order valence-electron chi connectivity index (χ2n) is 6.05.